The Hall–Kier alpha value is -3.72. The topological polar surface area (TPSA) is 64.5 Å². The van der Waals surface area contributed by atoms with E-state index in [1.807, 2.05) is 36.4 Å². The van der Waals surface area contributed by atoms with Crippen molar-refractivity contribution < 1.29 is 8.78 Å². The molecular formula is C25H20F2N4. The van der Waals surface area contributed by atoms with Gasteiger partial charge in [0.2, 0.25) is 0 Å². The lowest BCUT2D eigenvalue weighted by Gasteiger charge is -2.27. The number of alkyl halides is 2. The number of rotatable bonds is 4. The van der Waals surface area contributed by atoms with Gasteiger partial charge in [-0.3, -0.25) is 5.10 Å². The molecule has 4 aromatic rings. The van der Waals surface area contributed by atoms with Crippen molar-refractivity contribution in [2.75, 3.05) is 5.32 Å². The van der Waals surface area contributed by atoms with E-state index in [2.05, 4.69) is 21.6 Å². The van der Waals surface area contributed by atoms with E-state index in [1.54, 1.807) is 12.1 Å². The van der Waals surface area contributed by atoms with Gasteiger partial charge in [-0.25, -0.2) is 8.78 Å². The van der Waals surface area contributed by atoms with E-state index in [1.165, 1.54) is 23.3 Å². The highest BCUT2D eigenvalue weighted by Crippen LogP contribution is 2.35. The average Bonchev–Trinajstić information content (AvgIpc) is 3.22. The van der Waals surface area contributed by atoms with Crippen molar-refractivity contribution in [2.24, 2.45) is 0 Å². The number of hydrogen-bond acceptors (Lipinski definition) is 3. The number of nitrogens with one attached hydrogen (secondary N) is 2. The molecule has 0 saturated carbocycles. The standard InChI is InChI=1S/C25H20F2N4/c26-25(27)18-5-1-4-17(12-18)24-21-13-19(8-10-23(21)30-31-24)29-22-6-2-3-16-11-15(14-28)7-9-20(16)22/h1,4-5,7-13,22,25,29H,2-3,6H2,(H,30,31)/t22-/m0/s1. The van der Waals surface area contributed by atoms with Crippen molar-refractivity contribution in [2.45, 2.75) is 31.7 Å². The minimum atomic E-state index is -2.52. The molecule has 0 saturated heterocycles. The van der Waals surface area contributed by atoms with Crippen LogP contribution in [0.5, 0.6) is 0 Å². The molecular weight excluding hydrogens is 394 g/mol. The molecule has 1 atom stereocenters. The highest BCUT2D eigenvalue weighted by molar-refractivity contribution is 5.95. The first kappa shape index (κ1) is 19.3. The Morgan fingerprint density at radius 1 is 1.10 bits per heavy atom. The van der Waals surface area contributed by atoms with Crippen molar-refractivity contribution in [3.05, 3.63) is 82.9 Å². The summed E-state index contributed by atoms with van der Waals surface area (Å²) in [6.45, 7) is 0. The number of anilines is 1. The fraction of sp³-hybridized carbons (Fsp3) is 0.200. The van der Waals surface area contributed by atoms with E-state index in [0.717, 1.165) is 35.9 Å². The molecule has 1 aliphatic rings. The number of benzene rings is 3. The molecule has 0 bridgehead atoms. The van der Waals surface area contributed by atoms with Crippen LogP contribution in [-0.4, -0.2) is 10.2 Å². The van der Waals surface area contributed by atoms with Gasteiger partial charge in [0.1, 0.15) is 0 Å². The normalized spacial score (nSPS) is 15.6. The zero-order valence-electron chi connectivity index (χ0n) is 16.7. The fourth-order valence-electron chi connectivity index (χ4n) is 4.38. The third-order valence-corrected chi connectivity index (χ3v) is 5.90. The molecule has 0 amide bonds. The summed E-state index contributed by atoms with van der Waals surface area (Å²) >= 11 is 0. The second-order valence-corrected chi connectivity index (χ2v) is 7.87. The minimum Gasteiger partial charge on any atom is -0.378 e. The monoisotopic (exact) mass is 414 g/mol. The molecule has 0 fully saturated rings. The van der Waals surface area contributed by atoms with Crippen molar-refractivity contribution in [1.29, 1.82) is 5.26 Å². The fourth-order valence-corrected chi connectivity index (χ4v) is 4.38. The Morgan fingerprint density at radius 3 is 2.84 bits per heavy atom. The first-order chi connectivity index (χ1) is 15.1. The van der Waals surface area contributed by atoms with Crippen LogP contribution < -0.4 is 5.32 Å². The number of nitrogens with zero attached hydrogens (tertiary/aromatic N) is 2. The van der Waals surface area contributed by atoms with E-state index in [9.17, 15) is 14.0 Å². The third-order valence-electron chi connectivity index (χ3n) is 5.90. The molecule has 0 unspecified atom stereocenters. The number of aromatic nitrogens is 2. The molecule has 3 aromatic carbocycles. The van der Waals surface area contributed by atoms with Gasteiger partial charge in [-0.15, -0.1) is 0 Å². The summed E-state index contributed by atoms with van der Waals surface area (Å²) in [7, 11) is 0. The molecule has 4 nitrogen and oxygen atoms in total. The van der Waals surface area contributed by atoms with Gasteiger partial charge in [0, 0.05) is 22.2 Å². The van der Waals surface area contributed by atoms with Gasteiger partial charge in [-0.1, -0.05) is 24.3 Å². The number of halogens is 2. The van der Waals surface area contributed by atoms with Crippen LogP contribution in [0.4, 0.5) is 14.5 Å². The largest absolute Gasteiger partial charge is 0.378 e. The maximum absolute atomic E-state index is 13.1. The molecule has 0 aliphatic heterocycles. The number of fused-ring (bicyclic) bond motifs is 2. The summed E-state index contributed by atoms with van der Waals surface area (Å²) in [4.78, 5) is 0. The van der Waals surface area contributed by atoms with Gasteiger partial charge in [-0.05, 0) is 66.8 Å². The predicted octanol–water partition coefficient (Wildman–Crippen LogP) is 6.53. The Morgan fingerprint density at radius 2 is 2.00 bits per heavy atom. The van der Waals surface area contributed by atoms with Gasteiger partial charge >= 0.3 is 0 Å². The molecule has 1 aliphatic carbocycles. The van der Waals surface area contributed by atoms with Crippen LogP contribution in [-0.2, 0) is 6.42 Å². The van der Waals surface area contributed by atoms with Crippen LogP contribution in [0, 0.1) is 11.3 Å². The molecule has 6 heteroatoms. The minimum absolute atomic E-state index is 0.0153. The van der Waals surface area contributed by atoms with Gasteiger partial charge < -0.3 is 5.32 Å². The molecule has 2 N–H and O–H groups in total. The molecule has 1 heterocycles. The molecule has 5 rings (SSSR count). The second kappa shape index (κ2) is 7.84. The Kier molecular flexibility index (Phi) is 4.87. The highest BCUT2D eigenvalue weighted by atomic mass is 19.3. The van der Waals surface area contributed by atoms with Crippen molar-refractivity contribution in [1.82, 2.24) is 10.2 Å². The zero-order chi connectivity index (χ0) is 21.4. The predicted molar refractivity (Wildman–Crippen MR) is 117 cm³/mol. The Balaban J connectivity index is 1.49. The Bertz CT molecular complexity index is 1300. The van der Waals surface area contributed by atoms with E-state index >= 15 is 0 Å². The smallest absolute Gasteiger partial charge is 0.263 e. The highest BCUT2D eigenvalue weighted by Gasteiger charge is 2.21. The van der Waals surface area contributed by atoms with Crippen LogP contribution in [0.3, 0.4) is 0 Å². The quantitative estimate of drug-likeness (QED) is 0.399. The van der Waals surface area contributed by atoms with E-state index < -0.39 is 6.43 Å². The molecule has 1 aromatic heterocycles. The number of nitriles is 1. The maximum atomic E-state index is 13.1. The second-order valence-electron chi connectivity index (χ2n) is 7.87. The number of H-pyrrole nitrogens is 1. The van der Waals surface area contributed by atoms with Crippen molar-refractivity contribution in [3.8, 4) is 17.3 Å². The van der Waals surface area contributed by atoms with E-state index in [0.29, 0.717) is 16.8 Å². The zero-order valence-corrected chi connectivity index (χ0v) is 16.7. The van der Waals surface area contributed by atoms with Crippen LogP contribution in [0.2, 0.25) is 0 Å². The lowest BCUT2D eigenvalue weighted by atomic mass is 9.86. The molecule has 0 radical (unpaired) electrons. The molecule has 154 valence electrons. The first-order valence-corrected chi connectivity index (χ1v) is 10.3. The van der Waals surface area contributed by atoms with Crippen LogP contribution >= 0.6 is 0 Å². The average molecular weight is 414 g/mol. The summed E-state index contributed by atoms with van der Waals surface area (Å²) in [6, 6.07) is 20.6. The van der Waals surface area contributed by atoms with Gasteiger partial charge in [0.05, 0.1) is 28.9 Å². The number of aromatic amines is 1. The van der Waals surface area contributed by atoms with Crippen LogP contribution in [0.15, 0.2) is 60.7 Å². The third kappa shape index (κ3) is 3.64. The summed E-state index contributed by atoms with van der Waals surface area (Å²) in [5, 5.41) is 21.1. The summed E-state index contributed by atoms with van der Waals surface area (Å²) < 4.78 is 26.3. The van der Waals surface area contributed by atoms with Crippen LogP contribution in [0.1, 0.15) is 47.6 Å². The van der Waals surface area contributed by atoms with Crippen molar-refractivity contribution in [3.63, 3.8) is 0 Å². The van der Waals surface area contributed by atoms with Crippen LogP contribution in [0.25, 0.3) is 22.2 Å². The SMILES string of the molecule is N#Cc1ccc2c(c1)CCC[C@@H]2Nc1ccc2[nH]nc(-c3cccc(C(F)F)c3)c2c1. The lowest BCUT2D eigenvalue weighted by Crippen LogP contribution is -2.17. The number of aryl methyl sites for hydroxylation is 1. The maximum Gasteiger partial charge on any atom is 0.263 e. The summed E-state index contributed by atoms with van der Waals surface area (Å²) in [5.74, 6) is 0. The lowest BCUT2D eigenvalue weighted by molar-refractivity contribution is 0.151. The van der Waals surface area contributed by atoms with E-state index in [-0.39, 0.29) is 11.6 Å². The molecule has 0 spiro atoms. The molecule has 31 heavy (non-hydrogen) atoms. The summed E-state index contributed by atoms with van der Waals surface area (Å²) in [6.07, 6.45) is 0.523. The van der Waals surface area contributed by atoms with Gasteiger partial charge in [0.15, 0.2) is 0 Å². The van der Waals surface area contributed by atoms with Crippen molar-refractivity contribution >= 4 is 16.6 Å². The number of hydrogen-bond donors (Lipinski definition) is 2. The summed E-state index contributed by atoms with van der Waals surface area (Å²) in [5.41, 5.74) is 6.23. The Labute approximate surface area is 178 Å². The van der Waals surface area contributed by atoms with Gasteiger partial charge in [-0.2, -0.15) is 10.4 Å². The first-order valence-electron chi connectivity index (χ1n) is 10.3. The van der Waals surface area contributed by atoms with Gasteiger partial charge in [0.25, 0.3) is 6.43 Å². The van der Waals surface area contributed by atoms with E-state index in [4.69, 9.17) is 0 Å².